The standard InChI is InChI=1S/C16H14N2/c1-11-9-12(5-6-16(11)17)14-4-2-3-13-10-18-8-7-15(13)14/h2-10H,17H2,1H3. The van der Waals surface area contributed by atoms with E-state index in [0.717, 1.165) is 16.6 Å². The normalized spacial score (nSPS) is 10.7. The van der Waals surface area contributed by atoms with Gasteiger partial charge in [-0.05, 0) is 47.2 Å². The summed E-state index contributed by atoms with van der Waals surface area (Å²) >= 11 is 0. The summed E-state index contributed by atoms with van der Waals surface area (Å²) in [5.74, 6) is 0. The van der Waals surface area contributed by atoms with Gasteiger partial charge in [-0.25, -0.2) is 0 Å². The SMILES string of the molecule is Cc1cc(-c2cccc3cnccc23)ccc1N. The van der Waals surface area contributed by atoms with Gasteiger partial charge >= 0.3 is 0 Å². The number of nitrogens with zero attached hydrogens (tertiary/aromatic N) is 1. The molecule has 88 valence electrons. The molecule has 0 aliphatic carbocycles. The van der Waals surface area contributed by atoms with Crippen molar-refractivity contribution >= 4 is 16.5 Å². The minimum Gasteiger partial charge on any atom is -0.399 e. The molecule has 2 nitrogen and oxygen atoms in total. The molecule has 0 spiro atoms. The second-order valence-corrected chi connectivity index (χ2v) is 4.47. The van der Waals surface area contributed by atoms with E-state index in [1.54, 1.807) is 0 Å². The van der Waals surface area contributed by atoms with Gasteiger partial charge in [0.15, 0.2) is 0 Å². The number of rotatable bonds is 1. The van der Waals surface area contributed by atoms with Gasteiger partial charge in [0, 0.05) is 23.5 Å². The monoisotopic (exact) mass is 234 g/mol. The molecule has 0 bridgehead atoms. The summed E-state index contributed by atoms with van der Waals surface area (Å²) in [5.41, 5.74) is 10.2. The predicted molar refractivity (Wildman–Crippen MR) is 76.3 cm³/mol. The second-order valence-electron chi connectivity index (χ2n) is 4.47. The quantitative estimate of drug-likeness (QED) is 0.650. The molecule has 1 heterocycles. The Morgan fingerprint density at radius 1 is 1.06 bits per heavy atom. The van der Waals surface area contributed by atoms with Crippen LogP contribution in [0.25, 0.3) is 21.9 Å². The van der Waals surface area contributed by atoms with Crippen LogP contribution < -0.4 is 5.73 Å². The summed E-state index contributed by atoms with van der Waals surface area (Å²) in [6, 6.07) is 14.5. The number of benzene rings is 2. The lowest BCUT2D eigenvalue weighted by molar-refractivity contribution is 1.36. The van der Waals surface area contributed by atoms with Crippen molar-refractivity contribution in [1.82, 2.24) is 4.98 Å². The fourth-order valence-electron chi connectivity index (χ4n) is 2.22. The van der Waals surface area contributed by atoms with Gasteiger partial charge in [-0.1, -0.05) is 24.3 Å². The van der Waals surface area contributed by atoms with Gasteiger partial charge in [0.05, 0.1) is 0 Å². The van der Waals surface area contributed by atoms with E-state index in [4.69, 9.17) is 5.73 Å². The van der Waals surface area contributed by atoms with E-state index in [9.17, 15) is 0 Å². The van der Waals surface area contributed by atoms with Crippen LogP contribution in [-0.4, -0.2) is 4.98 Å². The average Bonchev–Trinajstić information content (AvgIpc) is 2.41. The minimum atomic E-state index is 0.834. The molecule has 3 aromatic rings. The Hall–Kier alpha value is -2.35. The van der Waals surface area contributed by atoms with E-state index in [1.807, 2.05) is 25.4 Å². The van der Waals surface area contributed by atoms with Crippen LogP contribution in [-0.2, 0) is 0 Å². The summed E-state index contributed by atoms with van der Waals surface area (Å²) in [4.78, 5) is 4.16. The maximum absolute atomic E-state index is 5.87. The van der Waals surface area contributed by atoms with E-state index in [-0.39, 0.29) is 0 Å². The van der Waals surface area contributed by atoms with Crippen molar-refractivity contribution in [3.8, 4) is 11.1 Å². The number of hydrogen-bond acceptors (Lipinski definition) is 2. The summed E-state index contributed by atoms with van der Waals surface area (Å²) in [7, 11) is 0. The Balaban J connectivity index is 2.28. The minimum absolute atomic E-state index is 0.834. The lowest BCUT2D eigenvalue weighted by Crippen LogP contribution is -1.90. The van der Waals surface area contributed by atoms with Crippen LogP contribution in [0.3, 0.4) is 0 Å². The Labute approximate surface area is 106 Å². The first-order valence-electron chi connectivity index (χ1n) is 5.95. The lowest BCUT2D eigenvalue weighted by atomic mass is 9.98. The summed E-state index contributed by atoms with van der Waals surface area (Å²) in [6.45, 7) is 2.03. The van der Waals surface area contributed by atoms with Gasteiger partial charge in [-0.3, -0.25) is 4.98 Å². The molecule has 2 N–H and O–H groups in total. The molecule has 0 atom stereocenters. The smallest absolute Gasteiger partial charge is 0.0346 e. The van der Waals surface area contributed by atoms with E-state index in [0.29, 0.717) is 0 Å². The number of pyridine rings is 1. The molecular formula is C16H14N2. The maximum atomic E-state index is 5.87. The first kappa shape index (κ1) is 10.8. The van der Waals surface area contributed by atoms with Gasteiger partial charge in [-0.15, -0.1) is 0 Å². The highest BCUT2D eigenvalue weighted by molar-refractivity contribution is 5.96. The lowest BCUT2D eigenvalue weighted by Gasteiger charge is -2.08. The van der Waals surface area contributed by atoms with E-state index < -0.39 is 0 Å². The molecule has 1 aromatic heterocycles. The maximum Gasteiger partial charge on any atom is 0.0346 e. The van der Waals surface area contributed by atoms with Crippen molar-refractivity contribution in [2.75, 3.05) is 5.73 Å². The topological polar surface area (TPSA) is 38.9 Å². The molecule has 0 saturated carbocycles. The first-order valence-corrected chi connectivity index (χ1v) is 5.95. The molecule has 0 fully saturated rings. The number of nitrogens with two attached hydrogens (primary N) is 1. The van der Waals surface area contributed by atoms with Crippen LogP contribution in [0.1, 0.15) is 5.56 Å². The second kappa shape index (κ2) is 4.15. The summed E-state index contributed by atoms with van der Waals surface area (Å²) in [5, 5.41) is 2.38. The molecule has 2 aromatic carbocycles. The Morgan fingerprint density at radius 3 is 2.78 bits per heavy atom. The van der Waals surface area contributed by atoms with Crippen LogP contribution in [0.15, 0.2) is 54.9 Å². The molecule has 2 heteroatoms. The number of aryl methyl sites for hydroxylation is 1. The van der Waals surface area contributed by atoms with Crippen molar-refractivity contribution in [3.05, 3.63) is 60.4 Å². The Bertz CT molecular complexity index is 712. The number of hydrogen-bond donors (Lipinski definition) is 1. The third-order valence-electron chi connectivity index (χ3n) is 3.26. The van der Waals surface area contributed by atoms with Crippen molar-refractivity contribution in [2.24, 2.45) is 0 Å². The summed E-state index contributed by atoms with van der Waals surface area (Å²) < 4.78 is 0. The van der Waals surface area contributed by atoms with Gasteiger partial charge in [0.1, 0.15) is 0 Å². The van der Waals surface area contributed by atoms with Crippen molar-refractivity contribution in [2.45, 2.75) is 6.92 Å². The van der Waals surface area contributed by atoms with Gasteiger partial charge in [-0.2, -0.15) is 0 Å². The third kappa shape index (κ3) is 1.72. The molecule has 0 radical (unpaired) electrons. The van der Waals surface area contributed by atoms with E-state index in [2.05, 4.69) is 41.4 Å². The molecule has 0 aliphatic rings. The zero-order valence-electron chi connectivity index (χ0n) is 10.2. The predicted octanol–water partition coefficient (Wildman–Crippen LogP) is 3.79. The molecule has 0 amide bonds. The first-order chi connectivity index (χ1) is 8.75. The highest BCUT2D eigenvalue weighted by atomic mass is 14.6. The third-order valence-corrected chi connectivity index (χ3v) is 3.26. The van der Waals surface area contributed by atoms with E-state index in [1.165, 1.54) is 16.5 Å². The highest BCUT2D eigenvalue weighted by Gasteiger charge is 2.04. The van der Waals surface area contributed by atoms with E-state index >= 15 is 0 Å². The van der Waals surface area contributed by atoms with Crippen LogP contribution in [0, 0.1) is 6.92 Å². The van der Waals surface area contributed by atoms with Crippen molar-refractivity contribution in [1.29, 1.82) is 0 Å². The van der Waals surface area contributed by atoms with Crippen molar-refractivity contribution in [3.63, 3.8) is 0 Å². The fraction of sp³-hybridized carbons (Fsp3) is 0.0625. The molecule has 0 saturated heterocycles. The van der Waals surface area contributed by atoms with Crippen LogP contribution in [0.4, 0.5) is 5.69 Å². The van der Waals surface area contributed by atoms with Gasteiger partial charge in [0.25, 0.3) is 0 Å². The molecule has 18 heavy (non-hydrogen) atoms. The van der Waals surface area contributed by atoms with Crippen LogP contribution in [0.2, 0.25) is 0 Å². The Morgan fingerprint density at radius 2 is 1.94 bits per heavy atom. The average molecular weight is 234 g/mol. The number of anilines is 1. The van der Waals surface area contributed by atoms with Gasteiger partial charge in [0.2, 0.25) is 0 Å². The number of aromatic nitrogens is 1. The van der Waals surface area contributed by atoms with Crippen molar-refractivity contribution < 1.29 is 0 Å². The zero-order valence-corrected chi connectivity index (χ0v) is 10.2. The fourth-order valence-corrected chi connectivity index (χ4v) is 2.22. The summed E-state index contributed by atoms with van der Waals surface area (Å²) in [6.07, 6.45) is 3.72. The molecule has 0 aliphatic heterocycles. The zero-order chi connectivity index (χ0) is 12.5. The Kier molecular flexibility index (Phi) is 2.49. The molecule has 3 rings (SSSR count). The van der Waals surface area contributed by atoms with Gasteiger partial charge < -0.3 is 5.73 Å². The van der Waals surface area contributed by atoms with Crippen LogP contribution >= 0.6 is 0 Å². The van der Waals surface area contributed by atoms with Crippen LogP contribution in [0.5, 0.6) is 0 Å². The highest BCUT2D eigenvalue weighted by Crippen LogP contribution is 2.29. The number of nitrogen functional groups attached to an aromatic ring is 1. The molecule has 0 unspecified atom stereocenters. The molecular weight excluding hydrogens is 220 g/mol. The number of fused-ring (bicyclic) bond motifs is 1. The largest absolute Gasteiger partial charge is 0.399 e.